The fourth-order valence-electron chi connectivity index (χ4n) is 2.55. The predicted octanol–water partition coefficient (Wildman–Crippen LogP) is 1.75. The number of hydrogen-bond acceptors (Lipinski definition) is 3. The maximum absolute atomic E-state index is 11.1. The van der Waals surface area contributed by atoms with Crippen molar-refractivity contribution >= 4 is 9.84 Å². The van der Waals surface area contributed by atoms with Crippen LogP contribution in [0.15, 0.2) is 0 Å². The highest BCUT2D eigenvalue weighted by atomic mass is 32.2. The van der Waals surface area contributed by atoms with Gasteiger partial charge in [0.25, 0.3) is 0 Å². The zero-order valence-electron chi connectivity index (χ0n) is 9.91. The molecule has 0 aromatic heterocycles. The predicted molar refractivity (Wildman–Crippen MR) is 61.5 cm³/mol. The second kappa shape index (κ2) is 4.06. The fourth-order valence-corrected chi connectivity index (χ4v) is 3.30. The summed E-state index contributed by atoms with van der Waals surface area (Å²) < 4.78 is 22.1. The first-order valence-corrected chi connectivity index (χ1v) is 7.58. The van der Waals surface area contributed by atoms with Gasteiger partial charge in [-0.25, -0.2) is 8.42 Å². The van der Waals surface area contributed by atoms with E-state index in [1.807, 2.05) is 0 Å². The first kappa shape index (κ1) is 13.0. The van der Waals surface area contributed by atoms with E-state index in [9.17, 15) is 13.5 Å². The SMILES string of the molecule is CC1(C)CCCC(O)(CCS(C)(=O)=O)C1. The summed E-state index contributed by atoms with van der Waals surface area (Å²) in [6.45, 7) is 4.27. The topological polar surface area (TPSA) is 54.4 Å². The molecule has 0 aromatic carbocycles. The van der Waals surface area contributed by atoms with Crippen LogP contribution in [-0.2, 0) is 9.84 Å². The van der Waals surface area contributed by atoms with E-state index in [1.165, 1.54) is 6.26 Å². The van der Waals surface area contributed by atoms with Crippen molar-refractivity contribution in [3.8, 4) is 0 Å². The molecule has 1 aliphatic carbocycles. The van der Waals surface area contributed by atoms with Crippen LogP contribution in [0.25, 0.3) is 0 Å². The zero-order valence-corrected chi connectivity index (χ0v) is 10.7. The minimum Gasteiger partial charge on any atom is -0.390 e. The molecule has 0 radical (unpaired) electrons. The third-order valence-corrected chi connectivity index (χ3v) is 4.19. The summed E-state index contributed by atoms with van der Waals surface area (Å²) in [6, 6.07) is 0. The summed E-state index contributed by atoms with van der Waals surface area (Å²) in [7, 11) is -2.96. The Labute approximate surface area is 92.8 Å². The normalized spacial score (nSPS) is 31.5. The van der Waals surface area contributed by atoms with Crippen molar-refractivity contribution in [1.82, 2.24) is 0 Å². The summed E-state index contributed by atoms with van der Waals surface area (Å²) in [5.74, 6) is 0.0968. The molecule has 0 spiro atoms. The molecule has 1 rings (SSSR count). The minimum absolute atomic E-state index is 0.0968. The van der Waals surface area contributed by atoms with Gasteiger partial charge in [-0.1, -0.05) is 20.3 Å². The lowest BCUT2D eigenvalue weighted by molar-refractivity contribution is -0.0407. The van der Waals surface area contributed by atoms with Crippen molar-refractivity contribution in [2.75, 3.05) is 12.0 Å². The molecule has 1 fully saturated rings. The summed E-state index contributed by atoms with van der Waals surface area (Å²) in [4.78, 5) is 0. The molecule has 1 saturated carbocycles. The standard InChI is InChI=1S/C11H22O3S/c1-10(2)5-4-6-11(12,9-10)7-8-15(3,13)14/h12H,4-9H2,1-3H3. The molecule has 15 heavy (non-hydrogen) atoms. The molecule has 1 atom stereocenters. The van der Waals surface area contributed by atoms with Gasteiger partial charge in [-0.2, -0.15) is 0 Å². The molecule has 1 N–H and O–H groups in total. The fraction of sp³-hybridized carbons (Fsp3) is 1.00. The van der Waals surface area contributed by atoms with Gasteiger partial charge in [-0.05, 0) is 31.1 Å². The third-order valence-electron chi connectivity index (χ3n) is 3.24. The van der Waals surface area contributed by atoms with Crippen LogP contribution in [0.3, 0.4) is 0 Å². The molecule has 0 aliphatic heterocycles. The highest BCUT2D eigenvalue weighted by molar-refractivity contribution is 7.90. The van der Waals surface area contributed by atoms with Crippen LogP contribution >= 0.6 is 0 Å². The van der Waals surface area contributed by atoms with Crippen molar-refractivity contribution in [3.63, 3.8) is 0 Å². The Morgan fingerprint density at radius 1 is 1.27 bits per heavy atom. The highest BCUT2D eigenvalue weighted by Gasteiger charge is 2.38. The van der Waals surface area contributed by atoms with Crippen molar-refractivity contribution < 1.29 is 13.5 Å². The number of aliphatic hydroxyl groups is 1. The molecule has 1 unspecified atom stereocenters. The Morgan fingerprint density at radius 3 is 2.33 bits per heavy atom. The van der Waals surface area contributed by atoms with E-state index >= 15 is 0 Å². The lowest BCUT2D eigenvalue weighted by Gasteiger charge is -2.41. The molecule has 3 nitrogen and oxygen atoms in total. The van der Waals surface area contributed by atoms with Gasteiger partial charge in [-0.15, -0.1) is 0 Å². The lowest BCUT2D eigenvalue weighted by Crippen LogP contribution is -2.40. The van der Waals surface area contributed by atoms with Gasteiger partial charge in [0, 0.05) is 6.26 Å². The van der Waals surface area contributed by atoms with E-state index < -0.39 is 15.4 Å². The molecule has 0 amide bonds. The summed E-state index contributed by atoms with van der Waals surface area (Å²) >= 11 is 0. The highest BCUT2D eigenvalue weighted by Crippen LogP contribution is 2.42. The van der Waals surface area contributed by atoms with Crippen molar-refractivity contribution in [1.29, 1.82) is 0 Å². The van der Waals surface area contributed by atoms with Crippen LogP contribution in [0, 0.1) is 5.41 Å². The maximum atomic E-state index is 11.1. The molecule has 90 valence electrons. The smallest absolute Gasteiger partial charge is 0.147 e. The quantitative estimate of drug-likeness (QED) is 0.809. The van der Waals surface area contributed by atoms with Gasteiger partial charge in [0.05, 0.1) is 11.4 Å². The summed E-state index contributed by atoms with van der Waals surface area (Å²) in [6.07, 6.45) is 5.18. The van der Waals surface area contributed by atoms with E-state index in [4.69, 9.17) is 0 Å². The number of sulfone groups is 1. The monoisotopic (exact) mass is 234 g/mol. The zero-order chi connectivity index (χ0) is 11.7. The minimum atomic E-state index is -2.96. The third kappa shape index (κ3) is 4.51. The van der Waals surface area contributed by atoms with E-state index in [0.717, 1.165) is 25.7 Å². The summed E-state index contributed by atoms with van der Waals surface area (Å²) in [5.41, 5.74) is -0.616. The van der Waals surface area contributed by atoms with Gasteiger partial charge in [-0.3, -0.25) is 0 Å². The Hall–Kier alpha value is -0.0900. The molecule has 4 heteroatoms. The van der Waals surface area contributed by atoms with Crippen LogP contribution in [-0.4, -0.2) is 31.1 Å². The van der Waals surface area contributed by atoms with Crippen LogP contribution in [0.2, 0.25) is 0 Å². The van der Waals surface area contributed by atoms with Gasteiger partial charge < -0.3 is 5.11 Å². The largest absolute Gasteiger partial charge is 0.390 e. The molecule has 0 aromatic rings. The number of rotatable bonds is 3. The maximum Gasteiger partial charge on any atom is 0.147 e. The Kier molecular flexibility index (Phi) is 3.51. The van der Waals surface area contributed by atoms with Crippen LogP contribution in [0.5, 0.6) is 0 Å². The second-order valence-corrected chi connectivity index (χ2v) is 8.06. The second-order valence-electron chi connectivity index (χ2n) is 5.80. The average Bonchev–Trinajstić information content (AvgIpc) is 1.97. The molecule has 0 saturated heterocycles. The van der Waals surface area contributed by atoms with E-state index in [1.54, 1.807) is 0 Å². The van der Waals surface area contributed by atoms with Crippen LogP contribution < -0.4 is 0 Å². The first-order valence-electron chi connectivity index (χ1n) is 5.52. The van der Waals surface area contributed by atoms with E-state index in [2.05, 4.69) is 13.8 Å². The first-order chi connectivity index (χ1) is 6.62. The average molecular weight is 234 g/mol. The van der Waals surface area contributed by atoms with Gasteiger partial charge in [0.15, 0.2) is 0 Å². The van der Waals surface area contributed by atoms with Crippen LogP contribution in [0.4, 0.5) is 0 Å². The van der Waals surface area contributed by atoms with Gasteiger partial charge in [0.2, 0.25) is 0 Å². The summed E-state index contributed by atoms with van der Waals surface area (Å²) in [5, 5.41) is 10.3. The van der Waals surface area contributed by atoms with Crippen molar-refractivity contribution in [2.45, 2.75) is 51.6 Å². The van der Waals surface area contributed by atoms with Gasteiger partial charge >= 0.3 is 0 Å². The van der Waals surface area contributed by atoms with E-state index in [-0.39, 0.29) is 11.2 Å². The Bertz CT molecular complexity index is 319. The lowest BCUT2D eigenvalue weighted by atomic mass is 9.69. The van der Waals surface area contributed by atoms with Crippen LogP contribution in [0.1, 0.15) is 46.0 Å². The number of hydrogen-bond donors (Lipinski definition) is 1. The van der Waals surface area contributed by atoms with Crippen molar-refractivity contribution in [3.05, 3.63) is 0 Å². The molecule has 0 heterocycles. The van der Waals surface area contributed by atoms with E-state index in [0.29, 0.717) is 6.42 Å². The van der Waals surface area contributed by atoms with Gasteiger partial charge in [0.1, 0.15) is 9.84 Å². The molecule has 0 bridgehead atoms. The van der Waals surface area contributed by atoms with Crippen molar-refractivity contribution in [2.24, 2.45) is 5.41 Å². The Balaban J connectivity index is 2.59. The molecular formula is C11H22O3S. The molecule has 1 aliphatic rings. The Morgan fingerprint density at radius 2 is 1.87 bits per heavy atom. The molecular weight excluding hydrogens is 212 g/mol.